The van der Waals surface area contributed by atoms with Crippen LogP contribution in [-0.2, 0) is 0 Å². The molecule has 2 N–H and O–H groups in total. The van der Waals surface area contributed by atoms with Gasteiger partial charge >= 0.3 is 0 Å². The Balaban J connectivity index is 2.58. The molecule has 0 saturated carbocycles. The van der Waals surface area contributed by atoms with Crippen molar-refractivity contribution in [2.24, 2.45) is 0 Å². The Morgan fingerprint density at radius 1 is 1.43 bits per heavy atom. The SMILES string of the molecule is Cc1nccn1-c1ccc(Cl)cc1N. The summed E-state index contributed by atoms with van der Waals surface area (Å²) in [5.74, 6) is 0.902. The van der Waals surface area contributed by atoms with Gasteiger partial charge in [0.2, 0.25) is 0 Å². The summed E-state index contributed by atoms with van der Waals surface area (Å²) >= 11 is 5.81. The second kappa shape index (κ2) is 3.35. The molecule has 1 aromatic carbocycles. The maximum atomic E-state index is 5.85. The second-order valence-corrected chi connectivity index (χ2v) is 3.48. The molecule has 0 fully saturated rings. The van der Waals surface area contributed by atoms with Crippen LogP contribution in [-0.4, -0.2) is 9.55 Å². The highest BCUT2D eigenvalue weighted by atomic mass is 35.5. The van der Waals surface area contributed by atoms with Crippen molar-refractivity contribution in [1.82, 2.24) is 9.55 Å². The molecule has 0 atom stereocenters. The van der Waals surface area contributed by atoms with Gasteiger partial charge in [-0.3, -0.25) is 0 Å². The van der Waals surface area contributed by atoms with Gasteiger partial charge in [-0.05, 0) is 25.1 Å². The van der Waals surface area contributed by atoms with E-state index in [-0.39, 0.29) is 0 Å². The summed E-state index contributed by atoms with van der Waals surface area (Å²) in [6, 6.07) is 5.43. The molecule has 72 valence electrons. The van der Waals surface area contributed by atoms with E-state index in [0.717, 1.165) is 11.5 Å². The Morgan fingerprint density at radius 3 is 2.79 bits per heavy atom. The Kier molecular flexibility index (Phi) is 2.17. The molecule has 0 aliphatic heterocycles. The number of nitrogens with zero attached hydrogens (tertiary/aromatic N) is 2. The van der Waals surface area contributed by atoms with E-state index >= 15 is 0 Å². The molecule has 0 spiro atoms. The summed E-state index contributed by atoms with van der Waals surface area (Å²) in [6.07, 6.45) is 3.61. The summed E-state index contributed by atoms with van der Waals surface area (Å²) in [5, 5.41) is 0.643. The number of hydrogen-bond acceptors (Lipinski definition) is 2. The fourth-order valence-electron chi connectivity index (χ4n) is 1.38. The molecule has 0 aliphatic carbocycles. The Labute approximate surface area is 87.1 Å². The van der Waals surface area contributed by atoms with Gasteiger partial charge in [-0.15, -0.1) is 0 Å². The monoisotopic (exact) mass is 207 g/mol. The fraction of sp³-hybridized carbons (Fsp3) is 0.100. The minimum Gasteiger partial charge on any atom is -0.397 e. The molecule has 2 aromatic rings. The van der Waals surface area contributed by atoms with Gasteiger partial charge in [-0.2, -0.15) is 0 Å². The second-order valence-electron chi connectivity index (χ2n) is 3.05. The molecule has 0 bridgehead atoms. The highest BCUT2D eigenvalue weighted by Gasteiger charge is 2.04. The highest BCUT2D eigenvalue weighted by molar-refractivity contribution is 6.30. The smallest absolute Gasteiger partial charge is 0.110 e. The molecule has 0 amide bonds. The van der Waals surface area contributed by atoms with Crippen LogP contribution >= 0.6 is 11.6 Å². The number of aryl methyl sites for hydroxylation is 1. The molecule has 0 saturated heterocycles. The van der Waals surface area contributed by atoms with Crippen LogP contribution in [0.15, 0.2) is 30.6 Å². The third-order valence-electron chi connectivity index (χ3n) is 2.07. The van der Waals surface area contributed by atoms with E-state index in [4.69, 9.17) is 17.3 Å². The number of anilines is 1. The average molecular weight is 208 g/mol. The van der Waals surface area contributed by atoms with Crippen LogP contribution in [0.2, 0.25) is 5.02 Å². The largest absolute Gasteiger partial charge is 0.397 e. The van der Waals surface area contributed by atoms with Gasteiger partial charge < -0.3 is 10.3 Å². The van der Waals surface area contributed by atoms with Gasteiger partial charge in [0.05, 0.1) is 11.4 Å². The summed E-state index contributed by atoms with van der Waals surface area (Å²) in [4.78, 5) is 4.13. The number of nitrogen functional groups attached to an aromatic ring is 1. The zero-order valence-corrected chi connectivity index (χ0v) is 8.49. The number of imidazole rings is 1. The lowest BCUT2D eigenvalue weighted by atomic mass is 10.2. The van der Waals surface area contributed by atoms with Crippen molar-refractivity contribution < 1.29 is 0 Å². The Hall–Kier alpha value is -1.48. The minimum absolute atomic E-state index is 0.643. The molecule has 0 radical (unpaired) electrons. The Morgan fingerprint density at radius 2 is 2.21 bits per heavy atom. The number of aromatic nitrogens is 2. The first kappa shape index (κ1) is 9.09. The molecule has 1 heterocycles. The van der Waals surface area contributed by atoms with Crippen molar-refractivity contribution >= 4 is 17.3 Å². The van der Waals surface area contributed by atoms with E-state index in [1.165, 1.54) is 0 Å². The fourth-order valence-corrected chi connectivity index (χ4v) is 1.56. The van der Waals surface area contributed by atoms with Gasteiger partial charge in [-0.1, -0.05) is 11.6 Å². The predicted molar refractivity (Wildman–Crippen MR) is 57.7 cm³/mol. The summed E-state index contributed by atoms with van der Waals surface area (Å²) < 4.78 is 1.92. The third kappa shape index (κ3) is 1.46. The first-order chi connectivity index (χ1) is 6.68. The van der Waals surface area contributed by atoms with E-state index in [9.17, 15) is 0 Å². The predicted octanol–water partition coefficient (Wildman–Crippen LogP) is 2.42. The van der Waals surface area contributed by atoms with Crippen LogP contribution < -0.4 is 5.73 Å². The van der Waals surface area contributed by atoms with E-state index < -0.39 is 0 Å². The molecule has 1 aromatic heterocycles. The van der Waals surface area contributed by atoms with Gasteiger partial charge in [0.1, 0.15) is 5.82 Å². The van der Waals surface area contributed by atoms with E-state index in [1.807, 2.05) is 29.8 Å². The van der Waals surface area contributed by atoms with E-state index in [0.29, 0.717) is 10.7 Å². The van der Waals surface area contributed by atoms with Crippen LogP contribution in [0.5, 0.6) is 0 Å². The molecule has 2 rings (SSSR count). The van der Waals surface area contributed by atoms with Crippen molar-refractivity contribution in [2.45, 2.75) is 6.92 Å². The zero-order valence-electron chi connectivity index (χ0n) is 7.74. The van der Waals surface area contributed by atoms with Crippen molar-refractivity contribution in [2.75, 3.05) is 5.73 Å². The van der Waals surface area contributed by atoms with Gasteiger partial charge in [0.15, 0.2) is 0 Å². The van der Waals surface area contributed by atoms with Crippen LogP contribution in [0.3, 0.4) is 0 Å². The van der Waals surface area contributed by atoms with E-state index in [2.05, 4.69) is 4.98 Å². The number of benzene rings is 1. The van der Waals surface area contributed by atoms with Crippen LogP contribution in [0.1, 0.15) is 5.82 Å². The lowest BCUT2D eigenvalue weighted by Gasteiger charge is -2.08. The lowest BCUT2D eigenvalue weighted by molar-refractivity contribution is 0.977. The molecule has 0 aliphatic rings. The van der Waals surface area contributed by atoms with Crippen molar-refractivity contribution in [3.63, 3.8) is 0 Å². The highest BCUT2D eigenvalue weighted by Crippen LogP contribution is 2.22. The molecular formula is C10H10ClN3. The topological polar surface area (TPSA) is 43.8 Å². The normalized spacial score (nSPS) is 10.4. The van der Waals surface area contributed by atoms with Gasteiger partial charge in [0, 0.05) is 17.4 Å². The van der Waals surface area contributed by atoms with E-state index in [1.54, 1.807) is 12.3 Å². The summed E-state index contributed by atoms with van der Waals surface area (Å²) in [6.45, 7) is 1.92. The number of nitrogens with two attached hydrogens (primary N) is 1. The zero-order chi connectivity index (χ0) is 10.1. The third-order valence-corrected chi connectivity index (χ3v) is 2.31. The maximum Gasteiger partial charge on any atom is 0.110 e. The van der Waals surface area contributed by atoms with Gasteiger partial charge in [0.25, 0.3) is 0 Å². The number of hydrogen-bond donors (Lipinski definition) is 1. The summed E-state index contributed by atoms with van der Waals surface area (Å²) in [5.41, 5.74) is 7.41. The summed E-state index contributed by atoms with van der Waals surface area (Å²) in [7, 11) is 0. The molecule has 0 unspecified atom stereocenters. The first-order valence-corrected chi connectivity index (χ1v) is 4.61. The number of halogens is 1. The Bertz CT molecular complexity index is 462. The molecular weight excluding hydrogens is 198 g/mol. The number of rotatable bonds is 1. The molecule has 14 heavy (non-hydrogen) atoms. The quantitative estimate of drug-likeness (QED) is 0.730. The first-order valence-electron chi connectivity index (χ1n) is 4.24. The molecule has 4 heteroatoms. The minimum atomic E-state index is 0.643. The average Bonchev–Trinajstić information content (AvgIpc) is 2.52. The van der Waals surface area contributed by atoms with Crippen molar-refractivity contribution in [3.05, 3.63) is 41.4 Å². The van der Waals surface area contributed by atoms with Crippen LogP contribution in [0.25, 0.3) is 5.69 Å². The van der Waals surface area contributed by atoms with Crippen molar-refractivity contribution in [1.29, 1.82) is 0 Å². The van der Waals surface area contributed by atoms with Crippen LogP contribution in [0.4, 0.5) is 5.69 Å². The lowest BCUT2D eigenvalue weighted by Crippen LogP contribution is -2.00. The maximum absolute atomic E-state index is 5.85. The van der Waals surface area contributed by atoms with Gasteiger partial charge in [-0.25, -0.2) is 4.98 Å². The standard InChI is InChI=1S/C10H10ClN3/c1-7-13-4-5-14(7)10-3-2-8(11)6-9(10)12/h2-6H,12H2,1H3. The van der Waals surface area contributed by atoms with Crippen LogP contribution in [0, 0.1) is 6.92 Å². The molecule has 3 nitrogen and oxygen atoms in total. The van der Waals surface area contributed by atoms with Crippen molar-refractivity contribution in [3.8, 4) is 5.69 Å².